The van der Waals surface area contributed by atoms with Crippen LogP contribution in [0.3, 0.4) is 0 Å². The van der Waals surface area contributed by atoms with E-state index in [0.717, 1.165) is 24.2 Å². The number of anilines is 1. The Morgan fingerprint density at radius 3 is 2.28 bits per heavy atom. The first-order valence-corrected chi connectivity index (χ1v) is 6.27. The Labute approximate surface area is 108 Å². The molecular weight excluding hydrogens is 225 g/mol. The molecule has 1 nitrogen and oxygen atoms in total. The lowest BCUT2D eigenvalue weighted by atomic mass is 10.1. The molecule has 0 aliphatic carbocycles. The predicted molar refractivity (Wildman–Crippen MR) is 74.3 cm³/mol. The van der Waals surface area contributed by atoms with Crippen LogP contribution in [-0.2, 0) is 13.0 Å². The molecular formula is C16H18FN. The molecule has 0 saturated heterocycles. The van der Waals surface area contributed by atoms with Gasteiger partial charge in [-0.25, -0.2) is 4.39 Å². The number of halogens is 1. The molecule has 0 atom stereocenters. The lowest BCUT2D eigenvalue weighted by molar-refractivity contribution is 0.627. The summed E-state index contributed by atoms with van der Waals surface area (Å²) in [6.45, 7) is 4.82. The minimum absolute atomic E-state index is 0.189. The molecule has 0 unspecified atom stereocenters. The maximum atomic E-state index is 13.0. The van der Waals surface area contributed by atoms with Gasteiger partial charge in [0.15, 0.2) is 0 Å². The van der Waals surface area contributed by atoms with Gasteiger partial charge < -0.3 is 5.32 Å². The normalized spacial score (nSPS) is 10.4. The fraction of sp³-hybridized carbons (Fsp3) is 0.250. The minimum atomic E-state index is -0.189. The zero-order chi connectivity index (χ0) is 13.0. The van der Waals surface area contributed by atoms with Crippen molar-refractivity contribution < 1.29 is 4.39 Å². The van der Waals surface area contributed by atoms with Crippen LogP contribution in [0, 0.1) is 12.7 Å². The molecule has 2 aromatic rings. The molecule has 2 rings (SSSR count). The van der Waals surface area contributed by atoms with Gasteiger partial charge in [-0.1, -0.05) is 31.2 Å². The van der Waals surface area contributed by atoms with Crippen molar-refractivity contribution in [3.05, 3.63) is 65.0 Å². The third-order valence-corrected chi connectivity index (χ3v) is 3.10. The maximum Gasteiger partial charge on any atom is 0.123 e. The SMILES string of the molecule is CCc1ccc(CNc2ccc(F)cc2C)cc1. The molecule has 0 radical (unpaired) electrons. The molecule has 0 aromatic heterocycles. The summed E-state index contributed by atoms with van der Waals surface area (Å²) in [5, 5.41) is 3.33. The van der Waals surface area contributed by atoms with Gasteiger partial charge in [-0.3, -0.25) is 0 Å². The van der Waals surface area contributed by atoms with Crippen LogP contribution >= 0.6 is 0 Å². The summed E-state index contributed by atoms with van der Waals surface area (Å²) >= 11 is 0. The Morgan fingerprint density at radius 2 is 1.67 bits per heavy atom. The molecule has 1 N–H and O–H groups in total. The summed E-state index contributed by atoms with van der Waals surface area (Å²) in [6.07, 6.45) is 1.06. The zero-order valence-corrected chi connectivity index (χ0v) is 10.8. The first-order chi connectivity index (χ1) is 8.69. The fourth-order valence-corrected chi connectivity index (χ4v) is 1.92. The van der Waals surface area contributed by atoms with Crippen molar-refractivity contribution >= 4 is 5.69 Å². The van der Waals surface area contributed by atoms with Crippen LogP contribution in [-0.4, -0.2) is 0 Å². The molecule has 2 aromatic carbocycles. The molecule has 0 spiro atoms. The van der Waals surface area contributed by atoms with Crippen LogP contribution in [0.2, 0.25) is 0 Å². The largest absolute Gasteiger partial charge is 0.381 e. The van der Waals surface area contributed by atoms with Gasteiger partial charge >= 0.3 is 0 Å². The highest BCUT2D eigenvalue weighted by Gasteiger charge is 2.00. The smallest absolute Gasteiger partial charge is 0.123 e. The average molecular weight is 243 g/mol. The first kappa shape index (κ1) is 12.6. The summed E-state index contributed by atoms with van der Waals surface area (Å²) in [4.78, 5) is 0. The highest BCUT2D eigenvalue weighted by molar-refractivity contribution is 5.50. The molecule has 0 aliphatic rings. The van der Waals surface area contributed by atoms with E-state index in [1.807, 2.05) is 6.92 Å². The molecule has 0 amide bonds. The molecule has 0 heterocycles. The number of benzene rings is 2. The molecule has 0 fully saturated rings. The van der Waals surface area contributed by atoms with Gasteiger partial charge in [0.05, 0.1) is 0 Å². The van der Waals surface area contributed by atoms with E-state index >= 15 is 0 Å². The van der Waals surface area contributed by atoms with Crippen molar-refractivity contribution in [2.24, 2.45) is 0 Å². The Balaban J connectivity index is 2.02. The van der Waals surface area contributed by atoms with Gasteiger partial charge in [0, 0.05) is 12.2 Å². The second-order valence-electron chi connectivity index (χ2n) is 4.48. The Hall–Kier alpha value is -1.83. The van der Waals surface area contributed by atoms with E-state index in [4.69, 9.17) is 0 Å². The molecule has 0 aliphatic heterocycles. The Morgan fingerprint density at radius 1 is 1.00 bits per heavy atom. The van der Waals surface area contributed by atoms with Gasteiger partial charge in [-0.2, -0.15) is 0 Å². The van der Waals surface area contributed by atoms with Crippen molar-refractivity contribution in [1.82, 2.24) is 0 Å². The van der Waals surface area contributed by atoms with Gasteiger partial charge in [-0.15, -0.1) is 0 Å². The zero-order valence-electron chi connectivity index (χ0n) is 10.8. The van der Waals surface area contributed by atoms with E-state index in [2.05, 4.69) is 36.5 Å². The molecule has 18 heavy (non-hydrogen) atoms. The van der Waals surface area contributed by atoms with Crippen LogP contribution in [0.5, 0.6) is 0 Å². The van der Waals surface area contributed by atoms with Crippen LogP contribution < -0.4 is 5.32 Å². The van der Waals surface area contributed by atoms with Crippen molar-refractivity contribution in [2.75, 3.05) is 5.32 Å². The predicted octanol–water partition coefficient (Wildman–Crippen LogP) is 4.31. The third-order valence-electron chi connectivity index (χ3n) is 3.10. The minimum Gasteiger partial charge on any atom is -0.381 e. The Bertz CT molecular complexity index is 517. The maximum absolute atomic E-state index is 13.0. The number of rotatable bonds is 4. The van der Waals surface area contributed by atoms with E-state index in [-0.39, 0.29) is 5.82 Å². The number of hydrogen-bond donors (Lipinski definition) is 1. The highest BCUT2D eigenvalue weighted by Crippen LogP contribution is 2.17. The Kier molecular flexibility index (Phi) is 3.98. The second kappa shape index (κ2) is 5.67. The standard InChI is InChI=1S/C16H18FN/c1-3-13-4-6-14(7-5-13)11-18-16-9-8-15(17)10-12(16)2/h4-10,18H,3,11H2,1-2H3. The monoisotopic (exact) mass is 243 g/mol. The van der Waals surface area contributed by atoms with E-state index in [1.165, 1.54) is 17.2 Å². The van der Waals surface area contributed by atoms with Crippen molar-refractivity contribution in [1.29, 1.82) is 0 Å². The van der Waals surface area contributed by atoms with Crippen LogP contribution in [0.1, 0.15) is 23.6 Å². The molecule has 0 saturated carbocycles. The van der Waals surface area contributed by atoms with Gasteiger partial charge in [0.1, 0.15) is 5.82 Å². The van der Waals surface area contributed by atoms with E-state index < -0.39 is 0 Å². The van der Waals surface area contributed by atoms with E-state index in [9.17, 15) is 4.39 Å². The van der Waals surface area contributed by atoms with E-state index in [0.29, 0.717) is 0 Å². The molecule has 2 heteroatoms. The summed E-state index contributed by atoms with van der Waals surface area (Å²) in [5.41, 5.74) is 4.49. The van der Waals surface area contributed by atoms with Crippen molar-refractivity contribution in [3.8, 4) is 0 Å². The number of aryl methyl sites for hydroxylation is 2. The number of hydrogen-bond acceptors (Lipinski definition) is 1. The first-order valence-electron chi connectivity index (χ1n) is 6.27. The summed E-state index contributed by atoms with van der Waals surface area (Å²) < 4.78 is 13.0. The van der Waals surface area contributed by atoms with Crippen molar-refractivity contribution in [2.45, 2.75) is 26.8 Å². The van der Waals surface area contributed by atoms with Gasteiger partial charge in [-0.05, 0) is 48.2 Å². The van der Waals surface area contributed by atoms with Gasteiger partial charge in [0.2, 0.25) is 0 Å². The quantitative estimate of drug-likeness (QED) is 0.843. The lowest BCUT2D eigenvalue weighted by Gasteiger charge is -2.10. The second-order valence-corrected chi connectivity index (χ2v) is 4.48. The van der Waals surface area contributed by atoms with Crippen LogP contribution in [0.15, 0.2) is 42.5 Å². The van der Waals surface area contributed by atoms with Crippen LogP contribution in [0.25, 0.3) is 0 Å². The summed E-state index contributed by atoms with van der Waals surface area (Å²) in [6, 6.07) is 13.4. The number of nitrogens with one attached hydrogen (secondary N) is 1. The van der Waals surface area contributed by atoms with Crippen LogP contribution in [0.4, 0.5) is 10.1 Å². The third kappa shape index (κ3) is 3.10. The van der Waals surface area contributed by atoms with E-state index in [1.54, 1.807) is 12.1 Å². The average Bonchev–Trinajstić information content (AvgIpc) is 2.38. The molecule has 0 bridgehead atoms. The molecule has 94 valence electrons. The lowest BCUT2D eigenvalue weighted by Crippen LogP contribution is -2.01. The fourth-order valence-electron chi connectivity index (χ4n) is 1.92. The summed E-state index contributed by atoms with van der Waals surface area (Å²) in [7, 11) is 0. The highest BCUT2D eigenvalue weighted by atomic mass is 19.1. The van der Waals surface area contributed by atoms with Gasteiger partial charge in [0.25, 0.3) is 0 Å². The summed E-state index contributed by atoms with van der Waals surface area (Å²) in [5.74, 6) is -0.189. The topological polar surface area (TPSA) is 12.0 Å². The van der Waals surface area contributed by atoms with Crippen molar-refractivity contribution in [3.63, 3.8) is 0 Å².